The largest absolute Gasteiger partial charge is 0.490 e. The first-order valence-corrected chi connectivity index (χ1v) is 14.2. The summed E-state index contributed by atoms with van der Waals surface area (Å²) in [5.41, 5.74) is 6.14. The molecule has 1 saturated heterocycles. The minimum atomic E-state index is -5.71. The molecule has 22 heteroatoms. The van der Waals surface area contributed by atoms with E-state index < -0.39 is 54.6 Å². The average molecular weight is 553 g/mol. The van der Waals surface area contributed by atoms with E-state index in [1.54, 1.807) is 6.26 Å². The lowest BCUT2D eigenvalue weighted by atomic mass is 10.1. The molecular weight excluding hydrogens is 535 g/mol. The Bertz CT molecular complexity index is 1170. The van der Waals surface area contributed by atoms with Crippen LogP contribution in [0.5, 0.6) is 0 Å². The molecule has 2 aromatic rings. The lowest BCUT2D eigenvalue weighted by Crippen LogP contribution is -2.33. The number of phosphoric acid groups is 3. The number of imidazole rings is 1. The predicted molar refractivity (Wildman–Crippen MR) is 107 cm³/mol. The van der Waals surface area contributed by atoms with Gasteiger partial charge in [0, 0.05) is 0 Å². The third-order valence-electron chi connectivity index (χ3n) is 4.07. The lowest BCUT2D eigenvalue weighted by Gasteiger charge is -2.19. The van der Waals surface area contributed by atoms with E-state index in [0.717, 1.165) is 18.1 Å². The zero-order valence-electron chi connectivity index (χ0n) is 16.3. The van der Waals surface area contributed by atoms with E-state index >= 15 is 0 Å². The zero-order chi connectivity index (χ0) is 24.8. The first-order chi connectivity index (χ1) is 15.1. The fraction of sp³-hybridized carbons (Fsp3) is 0.545. The number of hydrogen-bond donors (Lipinski definition) is 7. The quantitative estimate of drug-likeness (QED) is 0.146. The lowest BCUT2D eigenvalue weighted by molar-refractivity contribution is -0.0540. The number of phosphoric ester groups is 1. The van der Waals surface area contributed by atoms with E-state index in [1.807, 2.05) is 0 Å². The van der Waals surface area contributed by atoms with E-state index in [9.17, 15) is 33.7 Å². The summed E-state index contributed by atoms with van der Waals surface area (Å²) in [6, 6.07) is 0. The Kier molecular flexibility index (Phi) is 7.71. The summed E-state index contributed by atoms with van der Waals surface area (Å²) >= 11 is 1.13. The van der Waals surface area contributed by atoms with Crippen LogP contribution < -0.4 is 5.73 Å². The van der Waals surface area contributed by atoms with Gasteiger partial charge in [0.25, 0.3) is 0 Å². The predicted octanol–water partition coefficient (Wildman–Crippen LogP) is -0.907. The van der Waals surface area contributed by atoms with Crippen molar-refractivity contribution in [3.05, 3.63) is 6.33 Å². The topological polar surface area (TPSA) is 279 Å². The highest BCUT2D eigenvalue weighted by molar-refractivity contribution is 7.98. The number of aromatic nitrogens is 4. The molecule has 1 fully saturated rings. The van der Waals surface area contributed by atoms with Crippen molar-refractivity contribution in [3.63, 3.8) is 0 Å². The van der Waals surface area contributed by atoms with Gasteiger partial charge in [0.15, 0.2) is 28.4 Å². The molecule has 0 radical (unpaired) electrons. The van der Waals surface area contributed by atoms with Gasteiger partial charge in [-0.3, -0.25) is 9.09 Å². The third-order valence-corrected chi connectivity index (χ3v) is 8.52. The molecule has 2 aromatic heterocycles. The number of aliphatic hydroxyl groups is 2. The second-order valence-corrected chi connectivity index (χ2v) is 11.5. The summed E-state index contributed by atoms with van der Waals surface area (Å²) in [4.78, 5) is 47.9. The van der Waals surface area contributed by atoms with Gasteiger partial charge in [-0.15, -0.1) is 0 Å². The third kappa shape index (κ3) is 6.17. The molecular formula is C11H18N5O13P3S. The molecule has 33 heavy (non-hydrogen) atoms. The molecule has 6 atom stereocenters. The molecule has 3 rings (SSSR count). The molecule has 1 aliphatic rings. The molecule has 186 valence electrons. The number of hydrogen-bond acceptors (Lipinski definition) is 14. The molecule has 3 heterocycles. The van der Waals surface area contributed by atoms with Crippen LogP contribution >= 0.6 is 35.2 Å². The molecule has 2 unspecified atom stereocenters. The zero-order valence-corrected chi connectivity index (χ0v) is 19.8. The molecule has 8 N–H and O–H groups in total. The van der Waals surface area contributed by atoms with E-state index in [0.29, 0.717) is 0 Å². The normalized spacial score (nSPS) is 27.5. The molecule has 1 aliphatic heterocycles. The van der Waals surface area contributed by atoms with Crippen LogP contribution in [0.25, 0.3) is 11.2 Å². The Hall–Kier alpha value is -1.01. The van der Waals surface area contributed by atoms with Crippen molar-refractivity contribution in [2.45, 2.75) is 29.7 Å². The minimum Gasteiger partial charge on any atom is -0.387 e. The van der Waals surface area contributed by atoms with Gasteiger partial charge in [-0.2, -0.15) is 8.62 Å². The summed E-state index contributed by atoms with van der Waals surface area (Å²) in [5.74, 6) is 0.0475. The van der Waals surface area contributed by atoms with Crippen LogP contribution in [0, 0.1) is 0 Å². The van der Waals surface area contributed by atoms with Crippen LogP contribution in [0.1, 0.15) is 6.23 Å². The minimum absolute atomic E-state index is 0.0475. The van der Waals surface area contributed by atoms with Crippen LogP contribution in [0.2, 0.25) is 0 Å². The molecule has 0 saturated carbocycles. The Morgan fingerprint density at radius 2 is 1.79 bits per heavy atom. The standard InChI is InChI=1S/C11H18N5O13P3S/c1-33-11-15-5-8(12)13-3-14-9(5)16(11)10-7(18)6(17)4(27-10)2-26-31(22,23)29-32(24,25)28-30(19,20)21/h3-4,6-7,10,17-18H,2H2,1H3,(H,22,23)(H,24,25)(H2,12,13,14)(H2,19,20,21)/t4-,6-,7-,10-/m1/s1. The maximum absolute atomic E-state index is 11.9. The summed E-state index contributed by atoms with van der Waals surface area (Å²) < 4.78 is 52.4. The highest BCUT2D eigenvalue weighted by atomic mass is 32.2. The van der Waals surface area contributed by atoms with Crippen molar-refractivity contribution in [2.75, 3.05) is 18.6 Å². The summed E-state index contributed by atoms with van der Waals surface area (Å²) in [5, 5.41) is 21.1. The number of rotatable bonds is 9. The number of nitrogen functional groups attached to an aromatic ring is 1. The van der Waals surface area contributed by atoms with Crippen molar-refractivity contribution >= 4 is 52.2 Å². The molecule has 0 aromatic carbocycles. The summed E-state index contributed by atoms with van der Waals surface area (Å²) in [7, 11) is -16.7. The smallest absolute Gasteiger partial charge is 0.387 e. The Balaban J connectivity index is 1.76. The van der Waals surface area contributed by atoms with Crippen LogP contribution in [0.4, 0.5) is 5.82 Å². The van der Waals surface area contributed by atoms with Gasteiger partial charge in [0.2, 0.25) is 0 Å². The highest BCUT2D eigenvalue weighted by Gasteiger charge is 2.47. The van der Waals surface area contributed by atoms with Crippen LogP contribution in [-0.4, -0.2) is 80.5 Å². The molecule has 0 aliphatic carbocycles. The summed E-state index contributed by atoms with van der Waals surface area (Å²) in [6.45, 7) is -0.962. The van der Waals surface area contributed by atoms with Crippen molar-refractivity contribution < 1.29 is 61.4 Å². The van der Waals surface area contributed by atoms with E-state index in [1.165, 1.54) is 4.57 Å². The van der Waals surface area contributed by atoms with E-state index in [4.69, 9.17) is 20.3 Å². The first-order valence-electron chi connectivity index (χ1n) is 8.46. The van der Waals surface area contributed by atoms with Gasteiger partial charge in [-0.25, -0.2) is 28.6 Å². The molecule has 0 spiro atoms. The van der Waals surface area contributed by atoms with Gasteiger partial charge in [0.05, 0.1) is 6.61 Å². The van der Waals surface area contributed by atoms with Crippen molar-refractivity contribution in [3.8, 4) is 0 Å². The molecule has 0 bridgehead atoms. The van der Waals surface area contributed by atoms with E-state index in [-0.39, 0.29) is 22.1 Å². The number of thioether (sulfide) groups is 1. The first kappa shape index (κ1) is 26.6. The number of anilines is 1. The SMILES string of the molecule is CSc1nc2c(N)ncnc2n1[C@@H]1O[C@H](COP(=O)(O)OP(=O)(O)OP(=O)(O)O)[C@@H](O)[C@H]1O. The van der Waals surface area contributed by atoms with Crippen molar-refractivity contribution in [2.24, 2.45) is 0 Å². The van der Waals surface area contributed by atoms with Crippen LogP contribution in [-0.2, 0) is 31.6 Å². The van der Waals surface area contributed by atoms with Crippen LogP contribution in [0.15, 0.2) is 11.5 Å². The van der Waals surface area contributed by atoms with E-state index in [2.05, 4.69) is 28.1 Å². The maximum Gasteiger partial charge on any atom is 0.490 e. The van der Waals surface area contributed by atoms with Gasteiger partial charge in [-0.1, -0.05) is 11.8 Å². The number of aliphatic hydroxyl groups excluding tert-OH is 2. The molecule has 18 nitrogen and oxygen atoms in total. The van der Waals surface area contributed by atoms with Crippen molar-refractivity contribution in [1.82, 2.24) is 19.5 Å². The van der Waals surface area contributed by atoms with Gasteiger partial charge < -0.3 is 40.3 Å². The van der Waals surface area contributed by atoms with Gasteiger partial charge >= 0.3 is 23.5 Å². The monoisotopic (exact) mass is 553 g/mol. The fourth-order valence-corrected chi connectivity index (χ4v) is 6.43. The Morgan fingerprint density at radius 1 is 1.12 bits per heavy atom. The van der Waals surface area contributed by atoms with Crippen LogP contribution in [0.3, 0.4) is 0 Å². The van der Waals surface area contributed by atoms with Crippen molar-refractivity contribution in [1.29, 1.82) is 0 Å². The second-order valence-electron chi connectivity index (χ2n) is 6.33. The Morgan fingerprint density at radius 3 is 2.39 bits per heavy atom. The Labute approximate surface area is 188 Å². The van der Waals surface area contributed by atoms with Gasteiger partial charge in [0.1, 0.15) is 24.6 Å². The second kappa shape index (κ2) is 9.56. The number of ether oxygens (including phenoxy) is 1. The summed E-state index contributed by atoms with van der Waals surface area (Å²) in [6.07, 6.45) is -3.28. The molecule has 0 amide bonds. The van der Waals surface area contributed by atoms with Gasteiger partial charge in [-0.05, 0) is 6.26 Å². The highest BCUT2D eigenvalue weighted by Crippen LogP contribution is 2.66. The number of nitrogens with zero attached hydrogens (tertiary/aromatic N) is 4. The fourth-order valence-electron chi connectivity index (χ4n) is 2.83. The average Bonchev–Trinajstić information content (AvgIpc) is 3.16. The number of fused-ring (bicyclic) bond motifs is 1. The number of nitrogens with two attached hydrogens (primary N) is 1. The maximum atomic E-state index is 11.9.